The molecule has 0 saturated heterocycles. The van der Waals surface area contributed by atoms with Crippen LogP contribution in [0.2, 0.25) is 0 Å². The maximum Gasteiger partial charge on any atom is 0.266 e. The summed E-state index contributed by atoms with van der Waals surface area (Å²) in [6, 6.07) is 9.10. The van der Waals surface area contributed by atoms with E-state index in [2.05, 4.69) is 10.1 Å². The van der Waals surface area contributed by atoms with Crippen molar-refractivity contribution in [2.75, 3.05) is 0 Å². The van der Waals surface area contributed by atoms with Crippen LogP contribution in [0, 0.1) is 0 Å². The molecule has 0 saturated carbocycles. The molecule has 1 aliphatic heterocycles. The largest absolute Gasteiger partial charge is 0.300 e. The Bertz CT molecular complexity index is 602. The summed E-state index contributed by atoms with van der Waals surface area (Å²) in [7, 11) is 0. The van der Waals surface area contributed by atoms with Gasteiger partial charge in [-0.2, -0.15) is 4.98 Å². The molecule has 0 amide bonds. The van der Waals surface area contributed by atoms with Crippen LogP contribution >= 0.6 is 0 Å². The van der Waals surface area contributed by atoms with Gasteiger partial charge in [0.05, 0.1) is 6.04 Å². The van der Waals surface area contributed by atoms with E-state index >= 15 is 0 Å². The molecule has 3 rings (SSSR count). The molecule has 7 heteroatoms. The lowest BCUT2D eigenvalue weighted by Gasteiger charge is -2.10. The second kappa shape index (κ2) is 4.25. The number of aromatic nitrogens is 3. The van der Waals surface area contributed by atoms with Gasteiger partial charge in [0.25, 0.3) is 5.16 Å². The zero-order valence-electron chi connectivity index (χ0n) is 9.23. The van der Waals surface area contributed by atoms with Crippen molar-refractivity contribution >= 4 is 11.1 Å². The van der Waals surface area contributed by atoms with Crippen molar-refractivity contribution in [2.24, 2.45) is 0 Å². The Morgan fingerprint density at radius 3 is 2.78 bits per heavy atom. The Labute approximate surface area is 105 Å². The summed E-state index contributed by atoms with van der Waals surface area (Å²) in [6.07, 6.45) is -0.988. The van der Waals surface area contributed by atoms with Crippen LogP contribution in [0.15, 0.2) is 35.5 Å². The predicted octanol–water partition coefficient (Wildman–Crippen LogP) is 1.86. The summed E-state index contributed by atoms with van der Waals surface area (Å²) in [5.41, 5.74) is 0.916. The van der Waals surface area contributed by atoms with Crippen LogP contribution < -0.4 is 0 Å². The predicted molar refractivity (Wildman–Crippen MR) is 62.1 cm³/mol. The highest BCUT2D eigenvalue weighted by molar-refractivity contribution is 7.79. The molecule has 0 fully saturated rings. The Balaban J connectivity index is 2.05. The third-order valence-electron chi connectivity index (χ3n) is 2.98. The quantitative estimate of drug-likeness (QED) is 0.843. The number of rotatable bonds is 2. The molecule has 2 heterocycles. The molecule has 18 heavy (non-hydrogen) atoms. The van der Waals surface area contributed by atoms with Gasteiger partial charge < -0.3 is 0 Å². The standard InChI is InChI=1S/C11H10FN3O2S/c12-8-6-9(7-4-2-1-3-5-7)15-10(8)13-11(14-15)18(16)17/h1-5,8-9H,6H2,(H,16,17)/t8-,9-/m0/s1. The summed E-state index contributed by atoms with van der Waals surface area (Å²) >= 11 is -2.28. The van der Waals surface area contributed by atoms with Crippen LogP contribution in [0.5, 0.6) is 0 Å². The Morgan fingerprint density at radius 1 is 1.39 bits per heavy atom. The zero-order valence-corrected chi connectivity index (χ0v) is 10.0. The number of halogens is 1. The third-order valence-corrected chi connectivity index (χ3v) is 3.47. The van der Waals surface area contributed by atoms with Crippen LogP contribution in [0.3, 0.4) is 0 Å². The lowest BCUT2D eigenvalue weighted by molar-refractivity contribution is 0.326. The molecule has 1 aromatic heterocycles. The topological polar surface area (TPSA) is 68.0 Å². The fourth-order valence-electron chi connectivity index (χ4n) is 2.19. The van der Waals surface area contributed by atoms with Crippen LogP contribution in [-0.4, -0.2) is 23.5 Å². The first-order valence-electron chi connectivity index (χ1n) is 5.43. The van der Waals surface area contributed by atoms with Gasteiger partial charge in [-0.1, -0.05) is 30.3 Å². The van der Waals surface area contributed by atoms with Crippen molar-refractivity contribution < 1.29 is 13.2 Å². The maximum atomic E-state index is 13.8. The van der Waals surface area contributed by atoms with Crippen LogP contribution in [0.25, 0.3) is 0 Å². The van der Waals surface area contributed by atoms with E-state index in [4.69, 9.17) is 4.55 Å². The van der Waals surface area contributed by atoms with E-state index in [-0.39, 0.29) is 23.4 Å². The summed E-state index contributed by atoms with van der Waals surface area (Å²) in [6.45, 7) is 0. The van der Waals surface area contributed by atoms with E-state index < -0.39 is 17.3 Å². The first kappa shape index (κ1) is 11.5. The summed E-state index contributed by atoms with van der Waals surface area (Å²) in [4.78, 5) is 3.77. The van der Waals surface area contributed by atoms with Gasteiger partial charge in [0.1, 0.15) is 0 Å². The minimum absolute atomic E-state index is 0.126. The molecular formula is C11H10FN3O2S. The maximum absolute atomic E-state index is 13.8. The minimum atomic E-state index is -2.28. The lowest BCUT2D eigenvalue weighted by Crippen LogP contribution is -2.08. The Morgan fingerprint density at radius 2 is 2.11 bits per heavy atom. The first-order valence-corrected chi connectivity index (χ1v) is 6.54. The van der Waals surface area contributed by atoms with Crippen molar-refractivity contribution in [3.63, 3.8) is 0 Å². The van der Waals surface area contributed by atoms with E-state index in [1.54, 1.807) is 0 Å². The second-order valence-corrected chi connectivity index (χ2v) is 4.94. The smallest absolute Gasteiger partial charge is 0.266 e. The molecule has 1 aliphatic rings. The van der Waals surface area contributed by atoms with Gasteiger partial charge in [-0.05, 0) is 5.56 Å². The molecule has 1 N–H and O–H groups in total. The van der Waals surface area contributed by atoms with Crippen molar-refractivity contribution in [3.05, 3.63) is 41.7 Å². The average Bonchev–Trinajstić information content (AvgIpc) is 2.92. The van der Waals surface area contributed by atoms with Gasteiger partial charge in [-0.3, -0.25) is 4.55 Å². The molecule has 0 spiro atoms. The van der Waals surface area contributed by atoms with Gasteiger partial charge in [0, 0.05) is 6.42 Å². The van der Waals surface area contributed by atoms with Gasteiger partial charge in [0.15, 0.2) is 12.0 Å². The number of fused-ring (bicyclic) bond motifs is 1. The number of hydrogen-bond acceptors (Lipinski definition) is 3. The van der Waals surface area contributed by atoms with Crippen LogP contribution in [0.4, 0.5) is 4.39 Å². The van der Waals surface area contributed by atoms with E-state index in [1.165, 1.54) is 4.68 Å². The lowest BCUT2D eigenvalue weighted by atomic mass is 10.0. The Hall–Kier alpha value is -1.60. The molecule has 0 bridgehead atoms. The molecule has 3 atom stereocenters. The van der Waals surface area contributed by atoms with Gasteiger partial charge >= 0.3 is 0 Å². The molecule has 1 unspecified atom stereocenters. The highest BCUT2D eigenvalue weighted by atomic mass is 32.2. The molecule has 2 aromatic rings. The molecule has 5 nitrogen and oxygen atoms in total. The molecule has 0 radical (unpaired) electrons. The summed E-state index contributed by atoms with van der Waals surface area (Å²) in [5, 5.41) is 3.67. The average molecular weight is 267 g/mol. The zero-order chi connectivity index (χ0) is 12.7. The van der Waals surface area contributed by atoms with Gasteiger partial charge in [-0.25, -0.2) is 13.3 Å². The van der Waals surface area contributed by atoms with E-state index in [0.717, 1.165) is 5.56 Å². The van der Waals surface area contributed by atoms with Crippen LogP contribution in [-0.2, 0) is 11.1 Å². The number of nitrogens with zero attached hydrogens (tertiary/aromatic N) is 3. The Kier molecular flexibility index (Phi) is 2.71. The second-order valence-electron chi connectivity index (χ2n) is 4.08. The van der Waals surface area contributed by atoms with E-state index in [9.17, 15) is 8.60 Å². The highest BCUT2D eigenvalue weighted by Crippen LogP contribution is 2.39. The van der Waals surface area contributed by atoms with Gasteiger partial charge in [-0.15, -0.1) is 5.10 Å². The monoisotopic (exact) mass is 267 g/mol. The van der Waals surface area contributed by atoms with E-state index in [0.29, 0.717) is 0 Å². The molecule has 94 valence electrons. The molecule has 0 aliphatic carbocycles. The normalized spacial score (nSPS) is 23.9. The summed E-state index contributed by atoms with van der Waals surface area (Å²) < 4.78 is 35.1. The van der Waals surface area contributed by atoms with Crippen molar-refractivity contribution in [1.82, 2.24) is 14.8 Å². The van der Waals surface area contributed by atoms with Crippen molar-refractivity contribution in [3.8, 4) is 0 Å². The van der Waals surface area contributed by atoms with Gasteiger partial charge in [0.2, 0.25) is 11.1 Å². The van der Waals surface area contributed by atoms with E-state index in [1.807, 2.05) is 30.3 Å². The van der Waals surface area contributed by atoms with Crippen molar-refractivity contribution in [2.45, 2.75) is 23.8 Å². The third kappa shape index (κ3) is 1.75. The fourth-order valence-corrected chi connectivity index (χ4v) is 2.52. The first-order chi connectivity index (χ1) is 8.66. The fraction of sp³-hybridized carbons (Fsp3) is 0.273. The highest BCUT2D eigenvalue weighted by Gasteiger charge is 2.35. The minimum Gasteiger partial charge on any atom is -0.300 e. The summed E-state index contributed by atoms with van der Waals surface area (Å²) in [5.74, 6) is 0.126. The SMILES string of the molecule is O=S(O)c1nc2n(n1)[C@H](c1ccccc1)C[C@@H]2F. The van der Waals surface area contributed by atoms with Crippen LogP contribution in [0.1, 0.15) is 30.0 Å². The molecular weight excluding hydrogens is 257 g/mol. The van der Waals surface area contributed by atoms with Crippen molar-refractivity contribution in [1.29, 1.82) is 0 Å². The number of hydrogen-bond donors (Lipinski definition) is 1. The number of alkyl halides is 1. The molecule has 1 aromatic carbocycles. The number of benzene rings is 1.